The Bertz CT molecular complexity index is 1110. The molecule has 0 radical (unpaired) electrons. The smallest absolute Gasteiger partial charge is 0.251 e. The maximum Gasteiger partial charge on any atom is 0.251 e. The average Bonchev–Trinajstić information content (AvgIpc) is 3.26. The van der Waals surface area contributed by atoms with Gasteiger partial charge in [0.1, 0.15) is 10.6 Å². The van der Waals surface area contributed by atoms with Crippen LogP contribution in [0.15, 0.2) is 59.9 Å². The van der Waals surface area contributed by atoms with Crippen LogP contribution in [0.4, 0.5) is 0 Å². The maximum atomic E-state index is 12.6. The van der Waals surface area contributed by atoms with Gasteiger partial charge < -0.3 is 10.1 Å². The average molecular weight is 415 g/mol. The van der Waals surface area contributed by atoms with Gasteiger partial charge in [-0.1, -0.05) is 0 Å². The van der Waals surface area contributed by atoms with E-state index in [1.807, 2.05) is 6.07 Å². The number of benzene rings is 1. The molecule has 3 aromatic rings. The number of hydrogen-bond acceptors (Lipinski definition) is 6. The van der Waals surface area contributed by atoms with E-state index < -0.39 is 15.9 Å². The molecule has 1 aromatic carbocycles. The van der Waals surface area contributed by atoms with E-state index in [9.17, 15) is 13.2 Å². The molecule has 2 aromatic heterocycles. The van der Waals surface area contributed by atoms with Crippen molar-refractivity contribution in [1.29, 1.82) is 0 Å². The monoisotopic (exact) mass is 415 g/mol. The summed E-state index contributed by atoms with van der Waals surface area (Å²) in [4.78, 5) is 16.8. The summed E-state index contributed by atoms with van der Waals surface area (Å²) in [7, 11) is 0.454. The molecule has 2 heterocycles. The predicted octanol–water partition coefficient (Wildman–Crippen LogP) is 1.46. The van der Waals surface area contributed by atoms with Gasteiger partial charge in [0.15, 0.2) is 5.82 Å². The van der Waals surface area contributed by atoms with E-state index in [2.05, 4.69) is 15.4 Å². The topological polar surface area (TPSA) is 106 Å². The highest BCUT2D eigenvalue weighted by Gasteiger charge is 2.23. The Morgan fingerprint density at radius 3 is 2.66 bits per heavy atom. The molecule has 0 spiro atoms. The van der Waals surface area contributed by atoms with Gasteiger partial charge in [-0.05, 0) is 42.0 Å². The Morgan fingerprint density at radius 1 is 1.21 bits per heavy atom. The third-order valence-electron chi connectivity index (χ3n) is 4.19. The molecule has 0 aliphatic rings. The molecule has 152 valence electrons. The first-order valence-electron chi connectivity index (χ1n) is 8.66. The Labute approximate surface area is 169 Å². The van der Waals surface area contributed by atoms with E-state index in [1.54, 1.807) is 35.4 Å². The number of hydrogen-bond donors (Lipinski definition) is 1. The SMILES string of the molecule is COc1ccc(C(=O)NCc2ccnc(-n3cccn3)c2)cc1S(=O)(=O)N(C)C. The van der Waals surface area contributed by atoms with Crippen molar-refractivity contribution in [3.8, 4) is 11.6 Å². The molecule has 1 amide bonds. The lowest BCUT2D eigenvalue weighted by molar-refractivity contribution is 0.0950. The standard InChI is InChI=1S/C19H21N5O4S/c1-23(2)29(26,27)17-12-15(5-6-16(17)28-3)19(25)21-13-14-7-9-20-18(11-14)24-10-4-8-22-24/h4-12H,13H2,1-3H3,(H,21,25). The van der Waals surface area contributed by atoms with E-state index in [0.717, 1.165) is 9.87 Å². The summed E-state index contributed by atoms with van der Waals surface area (Å²) >= 11 is 0. The summed E-state index contributed by atoms with van der Waals surface area (Å²) in [5.74, 6) is 0.402. The van der Waals surface area contributed by atoms with Crippen molar-refractivity contribution in [2.24, 2.45) is 0 Å². The second kappa shape index (κ2) is 8.41. The van der Waals surface area contributed by atoms with Gasteiger partial charge >= 0.3 is 0 Å². The highest BCUT2D eigenvalue weighted by molar-refractivity contribution is 7.89. The molecule has 0 saturated heterocycles. The molecular weight excluding hydrogens is 394 g/mol. The predicted molar refractivity (Wildman–Crippen MR) is 106 cm³/mol. The summed E-state index contributed by atoms with van der Waals surface area (Å²) in [6.07, 6.45) is 5.06. The van der Waals surface area contributed by atoms with Crippen molar-refractivity contribution in [3.63, 3.8) is 0 Å². The number of carbonyl (C=O) groups is 1. The first-order valence-corrected chi connectivity index (χ1v) is 10.1. The summed E-state index contributed by atoms with van der Waals surface area (Å²) in [6.45, 7) is 0.247. The van der Waals surface area contributed by atoms with E-state index in [-0.39, 0.29) is 22.8 Å². The highest BCUT2D eigenvalue weighted by Crippen LogP contribution is 2.26. The number of rotatable bonds is 7. The van der Waals surface area contributed by atoms with Crippen molar-refractivity contribution in [1.82, 2.24) is 24.4 Å². The quantitative estimate of drug-likeness (QED) is 0.626. The van der Waals surface area contributed by atoms with Crippen LogP contribution in [0.5, 0.6) is 5.75 Å². The first-order chi connectivity index (χ1) is 13.8. The third kappa shape index (κ3) is 4.44. The van der Waals surface area contributed by atoms with E-state index in [4.69, 9.17) is 4.74 Å². The van der Waals surface area contributed by atoms with Gasteiger partial charge in [0.05, 0.1) is 7.11 Å². The highest BCUT2D eigenvalue weighted by atomic mass is 32.2. The van der Waals surface area contributed by atoms with Gasteiger partial charge in [0, 0.05) is 44.8 Å². The fourth-order valence-electron chi connectivity index (χ4n) is 2.60. The minimum Gasteiger partial charge on any atom is -0.495 e. The summed E-state index contributed by atoms with van der Waals surface area (Å²) in [5.41, 5.74) is 1.04. The van der Waals surface area contributed by atoms with Crippen molar-refractivity contribution in [3.05, 3.63) is 66.1 Å². The molecule has 0 bridgehead atoms. The van der Waals surface area contributed by atoms with E-state index in [1.165, 1.54) is 39.4 Å². The molecule has 0 saturated carbocycles. The molecule has 3 rings (SSSR count). The molecule has 1 N–H and O–H groups in total. The number of sulfonamides is 1. The number of amides is 1. The Hall–Kier alpha value is -3.24. The zero-order valence-corrected chi connectivity index (χ0v) is 17.0. The Morgan fingerprint density at radius 2 is 2.00 bits per heavy atom. The number of ether oxygens (including phenoxy) is 1. The fourth-order valence-corrected chi connectivity index (χ4v) is 3.68. The van der Waals surface area contributed by atoms with Crippen LogP contribution in [0.1, 0.15) is 15.9 Å². The molecule has 0 unspecified atom stereocenters. The van der Waals surface area contributed by atoms with Crippen molar-refractivity contribution in [2.75, 3.05) is 21.2 Å². The maximum absolute atomic E-state index is 12.6. The second-order valence-corrected chi connectivity index (χ2v) is 8.43. The summed E-state index contributed by atoms with van der Waals surface area (Å²) in [6, 6.07) is 9.68. The van der Waals surface area contributed by atoms with Crippen LogP contribution >= 0.6 is 0 Å². The lowest BCUT2D eigenvalue weighted by Crippen LogP contribution is -2.25. The van der Waals surface area contributed by atoms with Crippen molar-refractivity contribution in [2.45, 2.75) is 11.4 Å². The van der Waals surface area contributed by atoms with Crippen LogP contribution < -0.4 is 10.1 Å². The lowest BCUT2D eigenvalue weighted by Gasteiger charge is -2.15. The van der Waals surface area contributed by atoms with Crippen LogP contribution in [0, 0.1) is 0 Å². The summed E-state index contributed by atoms with van der Waals surface area (Å²) in [5, 5.41) is 6.92. The first kappa shape index (κ1) is 20.5. The molecule has 0 atom stereocenters. The van der Waals surface area contributed by atoms with E-state index >= 15 is 0 Å². The van der Waals surface area contributed by atoms with Gasteiger partial charge in [0.25, 0.3) is 5.91 Å². The molecule has 0 fully saturated rings. The number of carbonyl (C=O) groups excluding carboxylic acids is 1. The van der Waals surface area contributed by atoms with Crippen molar-refractivity contribution >= 4 is 15.9 Å². The number of nitrogens with one attached hydrogen (secondary N) is 1. The minimum atomic E-state index is -3.76. The van der Waals surface area contributed by atoms with Crippen LogP contribution in [-0.2, 0) is 16.6 Å². The zero-order valence-electron chi connectivity index (χ0n) is 16.2. The van der Waals surface area contributed by atoms with Crippen LogP contribution in [0.2, 0.25) is 0 Å². The molecule has 10 heteroatoms. The Kier molecular flexibility index (Phi) is 5.95. The van der Waals surface area contributed by atoms with Crippen LogP contribution in [0.3, 0.4) is 0 Å². The number of pyridine rings is 1. The molecule has 0 aliphatic carbocycles. The zero-order chi connectivity index (χ0) is 21.0. The van der Waals surface area contributed by atoms with Crippen LogP contribution in [-0.4, -0.2) is 54.6 Å². The normalized spacial score (nSPS) is 11.4. The van der Waals surface area contributed by atoms with Gasteiger partial charge in [-0.15, -0.1) is 0 Å². The third-order valence-corrected chi connectivity index (χ3v) is 6.02. The summed E-state index contributed by atoms with van der Waals surface area (Å²) < 4.78 is 32.9. The van der Waals surface area contributed by atoms with Gasteiger partial charge in [-0.25, -0.2) is 22.4 Å². The largest absolute Gasteiger partial charge is 0.495 e. The van der Waals surface area contributed by atoms with Gasteiger partial charge in [0.2, 0.25) is 10.0 Å². The van der Waals surface area contributed by atoms with Gasteiger partial charge in [-0.3, -0.25) is 4.79 Å². The molecule has 0 aliphatic heterocycles. The van der Waals surface area contributed by atoms with E-state index in [0.29, 0.717) is 5.82 Å². The molecule has 29 heavy (non-hydrogen) atoms. The lowest BCUT2D eigenvalue weighted by atomic mass is 10.2. The Balaban J connectivity index is 1.79. The number of methoxy groups -OCH3 is 1. The van der Waals surface area contributed by atoms with Crippen molar-refractivity contribution < 1.29 is 17.9 Å². The number of aromatic nitrogens is 3. The van der Waals surface area contributed by atoms with Gasteiger partial charge in [-0.2, -0.15) is 5.10 Å². The molecule has 9 nitrogen and oxygen atoms in total. The van der Waals surface area contributed by atoms with Crippen LogP contribution in [0.25, 0.3) is 5.82 Å². The molecular formula is C19H21N5O4S. The number of nitrogens with zero attached hydrogens (tertiary/aromatic N) is 4. The second-order valence-electron chi connectivity index (χ2n) is 6.31. The minimum absolute atomic E-state index is 0.0671. The fraction of sp³-hybridized carbons (Fsp3) is 0.211.